The number of ether oxygens (including phenoxy) is 6. The minimum atomic E-state index is -0.246. The number of carbonyl (C=O) groups is 1. The van der Waals surface area contributed by atoms with E-state index >= 15 is 0 Å². The summed E-state index contributed by atoms with van der Waals surface area (Å²) in [6, 6.07) is 0. The minimum absolute atomic E-state index is 0.0183. The molecule has 0 radical (unpaired) electrons. The van der Waals surface area contributed by atoms with Crippen LogP contribution in [0.1, 0.15) is 71.6 Å². The smallest absolute Gasteiger partial charge is 0.247 e. The predicted octanol–water partition coefficient (Wildman–Crippen LogP) is 4.55. The van der Waals surface area contributed by atoms with Crippen LogP contribution in [-0.2, 0) is 33.2 Å². The first-order valence-corrected chi connectivity index (χ1v) is 16.5. The maximum absolute atomic E-state index is 13.6. The molecule has 3 saturated carbocycles. The van der Waals surface area contributed by atoms with E-state index in [0.29, 0.717) is 90.6 Å². The number of amides is 1. The third-order valence-corrected chi connectivity index (χ3v) is 11.3. The van der Waals surface area contributed by atoms with Gasteiger partial charge in [0.15, 0.2) is 0 Å². The molecule has 8 nitrogen and oxygen atoms in total. The van der Waals surface area contributed by atoms with Gasteiger partial charge in [0.2, 0.25) is 5.91 Å². The van der Waals surface area contributed by atoms with E-state index in [1.54, 1.807) is 0 Å². The average molecular weight is 578 g/mol. The first-order valence-electron chi connectivity index (χ1n) is 16.5. The Labute approximate surface area is 247 Å². The van der Waals surface area contributed by atoms with Crippen molar-refractivity contribution in [2.75, 3.05) is 79.2 Å². The van der Waals surface area contributed by atoms with Crippen molar-refractivity contribution in [3.63, 3.8) is 0 Å². The van der Waals surface area contributed by atoms with Gasteiger partial charge in [-0.05, 0) is 74.0 Å². The number of carbonyl (C=O) groups excluding carboxylic acids is 1. The molecule has 0 aromatic rings. The monoisotopic (exact) mass is 577 g/mol. The normalized spacial score (nSPS) is 40.1. The van der Waals surface area contributed by atoms with Gasteiger partial charge >= 0.3 is 0 Å². The Balaban J connectivity index is 1.13. The lowest BCUT2D eigenvalue weighted by Gasteiger charge is -2.60. The summed E-state index contributed by atoms with van der Waals surface area (Å²) in [5, 5.41) is 3.22. The van der Waals surface area contributed by atoms with E-state index in [9.17, 15) is 4.79 Å². The van der Waals surface area contributed by atoms with E-state index < -0.39 is 0 Å². The molecule has 5 rings (SSSR count). The van der Waals surface area contributed by atoms with Crippen molar-refractivity contribution in [2.24, 2.45) is 34.5 Å². The molecular weight excluding hydrogens is 522 g/mol. The van der Waals surface area contributed by atoms with E-state index in [0.717, 1.165) is 36.2 Å². The van der Waals surface area contributed by atoms with Gasteiger partial charge in [-0.2, -0.15) is 0 Å². The topological polar surface area (TPSA) is 84.5 Å². The molecule has 1 N–H and O–H groups in total. The molecular formula is C33H55NO7. The first-order chi connectivity index (χ1) is 20.0. The second-order valence-corrected chi connectivity index (χ2v) is 13.4. The van der Waals surface area contributed by atoms with Crippen molar-refractivity contribution in [1.29, 1.82) is 0 Å². The molecule has 0 aromatic carbocycles. The lowest BCUT2D eigenvalue weighted by atomic mass is 9.45. The summed E-state index contributed by atoms with van der Waals surface area (Å²) in [7, 11) is 0. The molecule has 1 saturated heterocycles. The Morgan fingerprint density at radius 2 is 1.44 bits per heavy atom. The summed E-state index contributed by atoms with van der Waals surface area (Å²) < 4.78 is 34.2. The van der Waals surface area contributed by atoms with E-state index in [1.807, 2.05) is 0 Å². The summed E-state index contributed by atoms with van der Waals surface area (Å²) in [6.45, 7) is 10.9. The fourth-order valence-corrected chi connectivity index (χ4v) is 9.05. The predicted molar refractivity (Wildman–Crippen MR) is 157 cm³/mol. The molecule has 7 atom stereocenters. The molecule has 0 aromatic heterocycles. The van der Waals surface area contributed by atoms with E-state index in [1.165, 1.54) is 44.9 Å². The second kappa shape index (κ2) is 15.1. The summed E-state index contributed by atoms with van der Waals surface area (Å²) in [6.07, 6.45) is 13.9. The third kappa shape index (κ3) is 7.55. The number of nitrogens with one attached hydrogen (secondary N) is 1. The standard InChI is InChI=1S/C33H55NO7/c1-32-11-4-3-5-25(32)6-7-27-28-8-9-30(33(28,2)12-10-29(27)32)31(35)34-23-26-24-40-20-19-38-16-15-36-13-14-37-17-18-39-21-22-41-26/h9,25-29H,3-8,10-24H2,1-2H3,(H,34,35)/t25-,26?,27+,28+,29+,32+,33+/m1/s1. The summed E-state index contributed by atoms with van der Waals surface area (Å²) in [5.41, 5.74) is 1.51. The van der Waals surface area contributed by atoms with Gasteiger partial charge < -0.3 is 33.7 Å². The van der Waals surface area contributed by atoms with Crippen molar-refractivity contribution in [3.8, 4) is 0 Å². The molecule has 1 aliphatic heterocycles. The number of hydrogen-bond acceptors (Lipinski definition) is 7. The molecule has 41 heavy (non-hydrogen) atoms. The second-order valence-electron chi connectivity index (χ2n) is 13.4. The van der Waals surface area contributed by atoms with Crippen LogP contribution >= 0.6 is 0 Å². The van der Waals surface area contributed by atoms with Crippen LogP contribution in [0.4, 0.5) is 0 Å². The Bertz CT molecular complexity index is 849. The Morgan fingerprint density at radius 3 is 2.15 bits per heavy atom. The highest BCUT2D eigenvalue weighted by Crippen LogP contribution is 2.66. The highest BCUT2D eigenvalue weighted by atomic mass is 16.6. The van der Waals surface area contributed by atoms with Crippen LogP contribution in [-0.4, -0.2) is 91.2 Å². The molecule has 8 heteroatoms. The van der Waals surface area contributed by atoms with Gasteiger partial charge in [0.1, 0.15) is 0 Å². The molecule has 4 aliphatic carbocycles. The van der Waals surface area contributed by atoms with Gasteiger partial charge in [-0.1, -0.05) is 32.8 Å². The maximum atomic E-state index is 13.6. The SMILES string of the molecule is C[C@]12CCCC[C@@H]1CC[C@@H]1[C@@H]2CC[C@]2(C)C(C(=O)NCC3COCCOCCOCCOCCOCCO3)=CC[C@@H]12. The fourth-order valence-electron chi connectivity index (χ4n) is 9.05. The quantitative estimate of drug-likeness (QED) is 0.527. The van der Waals surface area contributed by atoms with Crippen molar-refractivity contribution in [2.45, 2.75) is 77.7 Å². The number of allylic oxidation sites excluding steroid dienone is 1. The third-order valence-electron chi connectivity index (χ3n) is 11.3. The van der Waals surface area contributed by atoms with Gasteiger partial charge in [-0.15, -0.1) is 0 Å². The molecule has 1 amide bonds. The van der Waals surface area contributed by atoms with Crippen LogP contribution < -0.4 is 5.32 Å². The van der Waals surface area contributed by atoms with Crippen molar-refractivity contribution >= 4 is 5.91 Å². The summed E-state index contributed by atoms with van der Waals surface area (Å²) in [4.78, 5) is 13.6. The minimum Gasteiger partial charge on any atom is -0.377 e. The molecule has 5 aliphatic rings. The van der Waals surface area contributed by atoms with E-state index in [2.05, 4.69) is 25.2 Å². The van der Waals surface area contributed by atoms with Gasteiger partial charge in [-0.25, -0.2) is 0 Å². The van der Waals surface area contributed by atoms with E-state index in [4.69, 9.17) is 28.4 Å². The lowest BCUT2D eigenvalue weighted by Crippen LogP contribution is -2.53. The van der Waals surface area contributed by atoms with Crippen LogP contribution in [0.25, 0.3) is 0 Å². The number of hydrogen-bond donors (Lipinski definition) is 1. The molecule has 1 heterocycles. The Kier molecular flexibility index (Phi) is 11.6. The van der Waals surface area contributed by atoms with Gasteiger partial charge in [0, 0.05) is 17.5 Å². The largest absolute Gasteiger partial charge is 0.377 e. The Hall–Kier alpha value is -1.03. The van der Waals surface area contributed by atoms with Crippen molar-refractivity contribution in [1.82, 2.24) is 5.32 Å². The Morgan fingerprint density at radius 1 is 0.780 bits per heavy atom. The molecule has 4 fully saturated rings. The molecule has 1 unspecified atom stereocenters. The highest BCUT2D eigenvalue weighted by Gasteiger charge is 2.58. The van der Waals surface area contributed by atoms with Gasteiger partial charge in [0.05, 0.1) is 78.8 Å². The van der Waals surface area contributed by atoms with Crippen LogP contribution in [0.5, 0.6) is 0 Å². The maximum Gasteiger partial charge on any atom is 0.247 e. The van der Waals surface area contributed by atoms with Crippen LogP contribution in [0, 0.1) is 34.5 Å². The fraction of sp³-hybridized carbons (Fsp3) is 0.909. The lowest BCUT2D eigenvalue weighted by molar-refractivity contribution is -0.123. The zero-order chi connectivity index (χ0) is 28.5. The zero-order valence-corrected chi connectivity index (χ0v) is 25.7. The summed E-state index contributed by atoms with van der Waals surface area (Å²) in [5.74, 6) is 3.18. The van der Waals surface area contributed by atoms with Gasteiger partial charge in [-0.3, -0.25) is 4.79 Å². The molecule has 0 spiro atoms. The molecule has 234 valence electrons. The number of fused-ring (bicyclic) bond motifs is 5. The van der Waals surface area contributed by atoms with Crippen LogP contribution in [0.2, 0.25) is 0 Å². The van der Waals surface area contributed by atoms with Crippen LogP contribution in [0.15, 0.2) is 11.6 Å². The van der Waals surface area contributed by atoms with Crippen LogP contribution in [0.3, 0.4) is 0 Å². The van der Waals surface area contributed by atoms with Crippen molar-refractivity contribution in [3.05, 3.63) is 11.6 Å². The number of rotatable bonds is 3. The van der Waals surface area contributed by atoms with Gasteiger partial charge in [0.25, 0.3) is 0 Å². The van der Waals surface area contributed by atoms with Crippen molar-refractivity contribution < 1.29 is 33.2 Å². The first kappa shape index (κ1) is 31.4. The highest BCUT2D eigenvalue weighted by molar-refractivity contribution is 5.95. The van der Waals surface area contributed by atoms with E-state index in [-0.39, 0.29) is 17.4 Å². The molecule has 0 bridgehead atoms. The zero-order valence-electron chi connectivity index (χ0n) is 25.7. The average Bonchev–Trinajstić information content (AvgIpc) is 3.33. The summed E-state index contributed by atoms with van der Waals surface area (Å²) >= 11 is 0.